The minimum atomic E-state index is -0.473. The third kappa shape index (κ3) is 5.43. The SMILES string of the molecule is CCOC(=O)CCC(=O)c1nc(Cc2c(Cl)ccc(C)c2Cl)cc(Br)c1O. The van der Waals surface area contributed by atoms with Crippen LogP contribution in [-0.4, -0.2) is 28.4 Å². The first-order valence-corrected chi connectivity index (χ1v) is 9.80. The number of pyridine rings is 1. The van der Waals surface area contributed by atoms with Crippen molar-refractivity contribution in [3.05, 3.63) is 55.2 Å². The molecule has 0 radical (unpaired) electrons. The average molecular weight is 475 g/mol. The fraction of sp³-hybridized carbons (Fsp3) is 0.316. The highest BCUT2D eigenvalue weighted by molar-refractivity contribution is 9.10. The first-order chi connectivity index (χ1) is 12.7. The fourth-order valence-electron chi connectivity index (χ4n) is 2.47. The van der Waals surface area contributed by atoms with E-state index in [4.69, 9.17) is 27.9 Å². The fourth-order valence-corrected chi connectivity index (χ4v) is 3.42. The summed E-state index contributed by atoms with van der Waals surface area (Å²) in [6, 6.07) is 5.17. The normalized spacial score (nSPS) is 10.7. The molecule has 1 aromatic carbocycles. The smallest absolute Gasteiger partial charge is 0.306 e. The van der Waals surface area contributed by atoms with E-state index in [-0.39, 0.29) is 37.3 Å². The zero-order chi connectivity index (χ0) is 20.1. The zero-order valence-corrected chi connectivity index (χ0v) is 17.9. The van der Waals surface area contributed by atoms with Gasteiger partial charge in [-0.15, -0.1) is 0 Å². The molecule has 2 aromatic rings. The number of nitrogens with zero attached hydrogens (tertiary/aromatic N) is 1. The lowest BCUT2D eigenvalue weighted by Crippen LogP contribution is -2.10. The highest BCUT2D eigenvalue weighted by atomic mass is 79.9. The van der Waals surface area contributed by atoms with Gasteiger partial charge >= 0.3 is 5.97 Å². The summed E-state index contributed by atoms with van der Waals surface area (Å²) in [5.41, 5.74) is 1.96. The molecule has 0 amide bonds. The van der Waals surface area contributed by atoms with Gasteiger partial charge in [0, 0.05) is 28.6 Å². The molecule has 0 spiro atoms. The van der Waals surface area contributed by atoms with Crippen molar-refractivity contribution in [2.45, 2.75) is 33.1 Å². The Balaban J connectivity index is 2.29. The van der Waals surface area contributed by atoms with Crippen LogP contribution in [0.3, 0.4) is 0 Å². The van der Waals surface area contributed by atoms with Gasteiger partial charge in [-0.05, 0) is 53.0 Å². The van der Waals surface area contributed by atoms with E-state index in [9.17, 15) is 14.7 Å². The Bertz CT molecular complexity index is 886. The lowest BCUT2D eigenvalue weighted by atomic mass is 10.0. The number of halogens is 3. The van der Waals surface area contributed by atoms with E-state index in [1.807, 2.05) is 13.0 Å². The molecule has 1 N–H and O–H groups in total. The number of ether oxygens (including phenoxy) is 1. The maximum absolute atomic E-state index is 12.4. The predicted octanol–water partition coefficient (Wildman–Crippen LogP) is 5.28. The summed E-state index contributed by atoms with van der Waals surface area (Å²) in [6.07, 6.45) is 0.100. The largest absolute Gasteiger partial charge is 0.504 e. The summed E-state index contributed by atoms with van der Waals surface area (Å²) in [4.78, 5) is 28.1. The van der Waals surface area contributed by atoms with Crippen molar-refractivity contribution >= 4 is 50.9 Å². The monoisotopic (exact) mass is 473 g/mol. The molecule has 0 bridgehead atoms. The topological polar surface area (TPSA) is 76.5 Å². The standard InChI is InChI=1S/C19H18BrCl2NO4/c1-3-27-16(25)7-6-15(24)18-19(26)13(20)9-11(23-18)8-12-14(21)5-4-10(2)17(12)22/h4-5,9,26H,3,6-8H2,1-2H3. The maximum atomic E-state index is 12.4. The quantitative estimate of drug-likeness (QED) is 0.436. The van der Waals surface area contributed by atoms with E-state index in [0.717, 1.165) is 5.56 Å². The van der Waals surface area contributed by atoms with Crippen LogP contribution in [0.5, 0.6) is 5.75 Å². The van der Waals surface area contributed by atoms with Crippen LogP contribution < -0.4 is 0 Å². The molecule has 0 saturated heterocycles. The Kier molecular flexibility index (Phi) is 7.65. The second-order valence-corrected chi connectivity index (χ2v) is 7.49. The first-order valence-electron chi connectivity index (χ1n) is 8.25. The Morgan fingerprint density at radius 2 is 1.96 bits per heavy atom. The summed E-state index contributed by atoms with van der Waals surface area (Å²) in [5.74, 6) is -1.20. The number of ketones is 1. The maximum Gasteiger partial charge on any atom is 0.306 e. The number of esters is 1. The van der Waals surface area contributed by atoms with Crippen LogP contribution in [0.2, 0.25) is 10.0 Å². The molecule has 2 rings (SSSR count). The Morgan fingerprint density at radius 3 is 2.63 bits per heavy atom. The molecular weight excluding hydrogens is 457 g/mol. The van der Waals surface area contributed by atoms with Crippen molar-refractivity contribution < 1.29 is 19.4 Å². The number of aromatic hydroxyl groups is 1. The van der Waals surface area contributed by atoms with Gasteiger partial charge in [0.25, 0.3) is 0 Å². The third-order valence-electron chi connectivity index (χ3n) is 3.86. The molecule has 0 saturated carbocycles. The van der Waals surface area contributed by atoms with Crippen molar-refractivity contribution in [1.29, 1.82) is 0 Å². The minimum absolute atomic E-state index is 0.0782. The second kappa shape index (κ2) is 9.53. The third-order valence-corrected chi connectivity index (χ3v) is 5.35. The Labute approximate surface area is 175 Å². The van der Waals surface area contributed by atoms with Gasteiger partial charge in [0.05, 0.1) is 17.5 Å². The Hall–Kier alpha value is -1.63. The van der Waals surface area contributed by atoms with Crippen LogP contribution in [0.15, 0.2) is 22.7 Å². The summed E-state index contributed by atoms with van der Waals surface area (Å²) in [6.45, 7) is 3.80. The van der Waals surface area contributed by atoms with Crippen LogP contribution in [0.25, 0.3) is 0 Å². The molecule has 5 nitrogen and oxygen atoms in total. The summed E-state index contributed by atoms with van der Waals surface area (Å²) in [7, 11) is 0. The minimum Gasteiger partial charge on any atom is -0.504 e. The summed E-state index contributed by atoms with van der Waals surface area (Å²) in [5, 5.41) is 11.2. The van der Waals surface area contributed by atoms with E-state index >= 15 is 0 Å². The highest BCUT2D eigenvalue weighted by Crippen LogP contribution is 2.33. The van der Waals surface area contributed by atoms with Gasteiger partial charge in [-0.1, -0.05) is 29.3 Å². The number of carbonyl (C=O) groups is 2. The van der Waals surface area contributed by atoms with E-state index in [1.165, 1.54) is 0 Å². The van der Waals surface area contributed by atoms with Crippen molar-refractivity contribution in [2.24, 2.45) is 0 Å². The van der Waals surface area contributed by atoms with Gasteiger partial charge in [-0.25, -0.2) is 4.98 Å². The van der Waals surface area contributed by atoms with Crippen molar-refractivity contribution in [3.63, 3.8) is 0 Å². The average Bonchev–Trinajstić information content (AvgIpc) is 2.63. The summed E-state index contributed by atoms with van der Waals surface area (Å²) < 4.78 is 5.14. The van der Waals surface area contributed by atoms with Crippen LogP contribution in [-0.2, 0) is 16.0 Å². The van der Waals surface area contributed by atoms with E-state index in [1.54, 1.807) is 19.1 Å². The molecule has 144 valence electrons. The highest BCUT2D eigenvalue weighted by Gasteiger charge is 2.20. The number of Topliss-reactive ketones (excluding diaryl/α,β-unsaturated/α-hetero) is 1. The van der Waals surface area contributed by atoms with Crippen molar-refractivity contribution in [1.82, 2.24) is 4.98 Å². The zero-order valence-electron chi connectivity index (χ0n) is 14.8. The van der Waals surface area contributed by atoms with E-state index in [0.29, 0.717) is 25.8 Å². The predicted molar refractivity (Wildman–Crippen MR) is 108 cm³/mol. The number of rotatable bonds is 7. The molecule has 1 aromatic heterocycles. The number of hydrogen-bond acceptors (Lipinski definition) is 5. The number of aromatic nitrogens is 1. The summed E-state index contributed by atoms with van der Waals surface area (Å²) >= 11 is 15.8. The van der Waals surface area contributed by atoms with Crippen LogP contribution in [0.1, 0.15) is 47.1 Å². The van der Waals surface area contributed by atoms with Gasteiger partial charge in [-0.2, -0.15) is 0 Å². The molecule has 1 heterocycles. The number of carbonyl (C=O) groups excluding carboxylic acids is 2. The Morgan fingerprint density at radius 1 is 1.26 bits per heavy atom. The number of hydrogen-bond donors (Lipinski definition) is 1. The number of aryl methyl sites for hydroxylation is 1. The second-order valence-electron chi connectivity index (χ2n) is 5.85. The van der Waals surface area contributed by atoms with Gasteiger partial charge in [0.1, 0.15) is 5.69 Å². The molecular formula is C19H18BrCl2NO4. The van der Waals surface area contributed by atoms with Gasteiger partial charge < -0.3 is 9.84 Å². The molecule has 0 aliphatic heterocycles. The molecule has 0 aliphatic carbocycles. The molecule has 0 unspecified atom stereocenters. The van der Waals surface area contributed by atoms with Crippen LogP contribution in [0, 0.1) is 6.92 Å². The molecule has 0 fully saturated rings. The molecule has 0 aliphatic rings. The van der Waals surface area contributed by atoms with E-state index in [2.05, 4.69) is 20.9 Å². The van der Waals surface area contributed by atoms with Crippen molar-refractivity contribution in [3.8, 4) is 5.75 Å². The molecule has 0 atom stereocenters. The molecule has 27 heavy (non-hydrogen) atoms. The molecule has 8 heteroatoms. The van der Waals surface area contributed by atoms with Gasteiger partial charge in [0.2, 0.25) is 0 Å². The van der Waals surface area contributed by atoms with Crippen LogP contribution in [0.4, 0.5) is 0 Å². The first kappa shape index (κ1) is 21.7. The number of benzene rings is 1. The lowest BCUT2D eigenvalue weighted by Gasteiger charge is -2.12. The van der Waals surface area contributed by atoms with Crippen LogP contribution >= 0.6 is 39.1 Å². The van der Waals surface area contributed by atoms with E-state index < -0.39 is 11.8 Å². The van der Waals surface area contributed by atoms with Gasteiger partial charge in [0.15, 0.2) is 11.5 Å². The van der Waals surface area contributed by atoms with Gasteiger partial charge in [-0.3, -0.25) is 9.59 Å². The lowest BCUT2D eigenvalue weighted by molar-refractivity contribution is -0.143. The van der Waals surface area contributed by atoms with Crippen molar-refractivity contribution in [2.75, 3.05) is 6.61 Å².